The molecule has 1 N–H and O–H groups in total. The second-order valence-electron chi connectivity index (χ2n) is 7.11. The molecule has 0 unspecified atom stereocenters. The minimum absolute atomic E-state index is 0.0806. The van der Waals surface area contributed by atoms with Crippen LogP contribution in [0, 0.1) is 5.92 Å². The summed E-state index contributed by atoms with van der Waals surface area (Å²) >= 11 is 0. The molecule has 1 aliphatic carbocycles. The van der Waals surface area contributed by atoms with E-state index in [0.717, 1.165) is 32.7 Å². The number of likely N-dealkylation sites (tertiary alicyclic amines) is 1. The van der Waals surface area contributed by atoms with Crippen molar-refractivity contribution < 1.29 is 9.53 Å². The van der Waals surface area contributed by atoms with E-state index in [1.807, 2.05) is 11.0 Å². The summed E-state index contributed by atoms with van der Waals surface area (Å²) in [5, 5.41) is 3.13. The van der Waals surface area contributed by atoms with Gasteiger partial charge in [-0.15, -0.1) is 0 Å². The first kappa shape index (κ1) is 15.0. The number of morpholine rings is 1. The van der Waals surface area contributed by atoms with E-state index >= 15 is 0 Å². The molecule has 0 spiro atoms. The molecular formula is C18H25N3O2. The lowest BCUT2D eigenvalue weighted by Crippen LogP contribution is -2.50. The number of hydrogen-bond acceptors (Lipinski definition) is 3. The van der Waals surface area contributed by atoms with Crippen molar-refractivity contribution in [1.29, 1.82) is 0 Å². The topological polar surface area (TPSA) is 44.8 Å². The molecule has 23 heavy (non-hydrogen) atoms. The maximum Gasteiger partial charge on any atom is 0.317 e. The van der Waals surface area contributed by atoms with Crippen LogP contribution in [0.5, 0.6) is 0 Å². The first-order chi connectivity index (χ1) is 11.2. The van der Waals surface area contributed by atoms with Crippen LogP contribution < -0.4 is 5.32 Å². The third-order valence-corrected chi connectivity index (χ3v) is 5.35. The summed E-state index contributed by atoms with van der Waals surface area (Å²) < 4.78 is 5.93. The summed E-state index contributed by atoms with van der Waals surface area (Å²) in [6.45, 7) is 6.28. The van der Waals surface area contributed by atoms with Crippen LogP contribution in [0.2, 0.25) is 0 Å². The first-order valence-electron chi connectivity index (χ1n) is 8.66. The van der Waals surface area contributed by atoms with Gasteiger partial charge in [-0.3, -0.25) is 4.90 Å². The number of nitrogens with zero attached hydrogens (tertiary/aromatic N) is 2. The van der Waals surface area contributed by atoms with Gasteiger partial charge in [0.1, 0.15) is 0 Å². The highest BCUT2D eigenvalue weighted by atomic mass is 16.5. The number of fused-ring (bicyclic) bond motifs is 1. The molecule has 0 radical (unpaired) electrons. The molecule has 5 heteroatoms. The molecule has 1 aromatic rings. The van der Waals surface area contributed by atoms with E-state index in [0.29, 0.717) is 24.5 Å². The molecule has 1 aromatic carbocycles. The Balaban J connectivity index is 1.39. The summed E-state index contributed by atoms with van der Waals surface area (Å²) in [6, 6.07) is 11.3. The molecule has 4 atom stereocenters. The van der Waals surface area contributed by atoms with E-state index in [1.165, 1.54) is 5.56 Å². The number of carbonyl (C=O) groups is 1. The number of amides is 2. The monoisotopic (exact) mass is 315 g/mol. The zero-order chi connectivity index (χ0) is 15.8. The molecular weight excluding hydrogens is 290 g/mol. The predicted octanol–water partition coefficient (Wildman–Crippen LogP) is 1.69. The van der Waals surface area contributed by atoms with Crippen molar-refractivity contribution in [2.45, 2.75) is 38.1 Å². The Hall–Kier alpha value is -1.59. The Morgan fingerprint density at radius 3 is 2.83 bits per heavy atom. The van der Waals surface area contributed by atoms with Gasteiger partial charge in [-0.05, 0) is 17.9 Å². The number of nitrogens with one attached hydrogen (secondary N) is 1. The molecule has 124 valence electrons. The smallest absolute Gasteiger partial charge is 0.317 e. The van der Waals surface area contributed by atoms with Crippen LogP contribution in [-0.2, 0) is 11.3 Å². The Morgan fingerprint density at radius 1 is 1.30 bits per heavy atom. The van der Waals surface area contributed by atoms with E-state index in [1.54, 1.807) is 0 Å². The summed E-state index contributed by atoms with van der Waals surface area (Å²) in [5.74, 6) is 0.634. The summed E-state index contributed by atoms with van der Waals surface area (Å²) in [4.78, 5) is 16.8. The third-order valence-electron chi connectivity index (χ3n) is 5.35. The van der Waals surface area contributed by atoms with Crippen molar-refractivity contribution in [3.63, 3.8) is 0 Å². The van der Waals surface area contributed by atoms with Gasteiger partial charge in [-0.2, -0.15) is 0 Å². The van der Waals surface area contributed by atoms with Crippen molar-refractivity contribution in [2.75, 3.05) is 26.2 Å². The molecule has 2 heterocycles. The van der Waals surface area contributed by atoms with E-state index < -0.39 is 0 Å². The van der Waals surface area contributed by atoms with Crippen molar-refractivity contribution in [1.82, 2.24) is 15.1 Å². The SMILES string of the molecule is C[C@@H]1C[C@@H]1NC(=O)N1C[C@@H]2OCCN(Cc3ccccc3)[C@@H]2C1. The highest BCUT2D eigenvalue weighted by Crippen LogP contribution is 2.30. The van der Waals surface area contributed by atoms with Gasteiger partial charge in [-0.25, -0.2) is 4.79 Å². The molecule has 5 nitrogen and oxygen atoms in total. The lowest BCUT2D eigenvalue weighted by Gasteiger charge is -2.36. The number of carbonyl (C=O) groups excluding carboxylic acids is 1. The minimum atomic E-state index is 0.0806. The fourth-order valence-electron chi connectivity index (χ4n) is 3.71. The van der Waals surface area contributed by atoms with Crippen LogP contribution in [0.1, 0.15) is 18.9 Å². The number of urea groups is 1. The normalized spacial score (nSPS) is 33.3. The van der Waals surface area contributed by atoms with Crippen LogP contribution in [0.4, 0.5) is 4.79 Å². The maximum atomic E-state index is 12.4. The molecule has 2 saturated heterocycles. The van der Waals surface area contributed by atoms with Crippen molar-refractivity contribution in [3.8, 4) is 0 Å². The van der Waals surface area contributed by atoms with Crippen molar-refractivity contribution in [3.05, 3.63) is 35.9 Å². The third kappa shape index (κ3) is 3.21. The quantitative estimate of drug-likeness (QED) is 0.923. The Kier molecular flexibility index (Phi) is 3.99. The van der Waals surface area contributed by atoms with E-state index in [-0.39, 0.29) is 12.1 Å². The van der Waals surface area contributed by atoms with E-state index in [2.05, 4.69) is 41.4 Å². The minimum Gasteiger partial charge on any atom is -0.373 e. The second kappa shape index (κ2) is 6.13. The number of rotatable bonds is 3. The van der Waals surface area contributed by atoms with Gasteiger partial charge in [0.25, 0.3) is 0 Å². The maximum absolute atomic E-state index is 12.4. The summed E-state index contributed by atoms with van der Waals surface area (Å²) in [5.41, 5.74) is 1.32. The van der Waals surface area contributed by atoms with Crippen LogP contribution in [-0.4, -0.2) is 60.3 Å². The van der Waals surface area contributed by atoms with Crippen LogP contribution in [0.25, 0.3) is 0 Å². The molecule has 3 aliphatic rings. The summed E-state index contributed by atoms with van der Waals surface area (Å²) in [7, 11) is 0. The number of benzene rings is 1. The lowest BCUT2D eigenvalue weighted by atomic mass is 10.1. The van der Waals surface area contributed by atoms with E-state index in [9.17, 15) is 4.79 Å². The van der Waals surface area contributed by atoms with E-state index in [4.69, 9.17) is 4.74 Å². The Bertz CT molecular complexity index is 565. The molecule has 4 rings (SSSR count). The van der Waals surface area contributed by atoms with Crippen LogP contribution >= 0.6 is 0 Å². The fourth-order valence-corrected chi connectivity index (χ4v) is 3.71. The molecule has 0 bridgehead atoms. The Morgan fingerprint density at radius 2 is 2.09 bits per heavy atom. The van der Waals surface area contributed by atoms with Crippen LogP contribution in [0.3, 0.4) is 0 Å². The highest BCUT2D eigenvalue weighted by Gasteiger charge is 2.43. The number of hydrogen-bond donors (Lipinski definition) is 1. The second-order valence-corrected chi connectivity index (χ2v) is 7.11. The molecule has 0 aromatic heterocycles. The first-order valence-corrected chi connectivity index (χ1v) is 8.66. The molecule has 2 aliphatic heterocycles. The standard InChI is InChI=1S/C18H25N3O2/c1-13-9-15(13)19-18(22)21-11-16-17(12-21)23-8-7-20(16)10-14-5-3-2-4-6-14/h2-6,13,15-17H,7-12H2,1H3,(H,19,22)/t13-,15+,16-,17+/m1/s1. The largest absolute Gasteiger partial charge is 0.373 e. The molecule has 1 saturated carbocycles. The average Bonchev–Trinajstić information content (AvgIpc) is 3.08. The fraction of sp³-hybridized carbons (Fsp3) is 0.611. The summed E-state index contributed by atoms with van der Waals surface area (Å²) in [6.07, 6.45) is 1.26. The van der Waals surface area contributed by atoms with Gasteiger partial charge in [0, 0.05) is 25.7 Å². The Labute approximate surface area is 137 Å². The van der Waals surface area contributed by atoms with Gasteiger partial charge < -0.3 is 15.0 Å². The lowest BCUT2D eigenvalue weighted by molar-refractivity contribution is -0.0503. The number of ether oxygens (including phenoxy) is 1. The van der Waals surface area contributed by atoms with Gasteiger partial charge in [-0.1, -0.05) is 37.3 Å². The molecule has 2 amide bonds. The van der Waals surface area contributed by atoms with Gasteiger partial charge in [0.15, 0.2) is 0 Å². The van der Waals surface area contributed by atoms with Crippen LogP contribution in [0.15, 0.2) is 30.3 Å². The zero-order valence-electron chi connectivity index (χ0n) is 13.6. The van der Waals surface area contributed by atoms with Gasteiger partial charge >= 0.3 is 6.03 Å². The van der Waals surface area contributed by atoms with Gasteiger partial charge in [0.2, 0.25) is 0 Å². The van der Waals surface area contributed by atoms with Gasteiger partial charge in [0.05, 0.1) is 25.3 Å². The van der Waals surface area contributed by atoms with Crippen molar-refractivity contribution in [2.24, 2.45) is 5.92 Å². The van der Waals surface area contributed by atoms with Crippen molar-refractivity contribution >= 4 is 6.03 Å². The highest BCUT2D eigenvalue weighted by molar-refractivity contribution is 5.75. The average molecular weight is 315 g/mol. The molecule has 3 fully saturated rings. The zero-order valence-corrected chi connectivity index (χ0v) is 13.6. The predicted molar refractivity (Wildman–Crippen MR) is 88.1 cm³/mol.